The quantitative estimate of drug-likeness (QED) is 0.543. The smallest absolute Gasteiger partial charge is 0.348 e. The molecule has 1 N–H and O–H groups in total. The highest BCUT2D eigenvalue weighted by atomic mass is 35.5. The summed E-state index contributed by atoms with van der Waals surface area (Å²) >= 11 is 11.8. The van der Waals surface area contributed by atoms with Crippen molar-refractivity contribution in [1.82, 2.24) is 10.2 Å². The molecule has 1 amide bonds. The van der Waals surface area contributed by atoms with Gasteiger partial charge in [0.05, 0.1) is 21.2 Å². The largest absolute Gasteiger partial charge is 0.417 e. The Morgan fingerprint density at radius 2 is 1.74 bits per heavy atom. The van der Waals surface area contributed by atoms with Crippen molar-refractivity contribution < 1.29 is 18.0 Å². The number of alkyl halides is 3. The molecule has 2 aliphatic heterocycles. The number of carbonyl (C=O) groups is 1. The molecule has 0 radical (unpaired) electrons. The maximum Gasteiger partial charge on any atom is 0.417 e. The molecule has 8 heteroatoms. The predicted octanol–water partition coefficient (Wildman–Crippen LogP) is 6.63. The average Bonchev–Trinajstić information content (AvgIpc) is 3.20. The second kappa shape index (κ2) is 9.00. The zero-order valence-corrected chi connectivity index (χ0v) is 18.3. The lowest BCUT2D eigenvalue weighted by Gasteiger charge is -2.38. The third kappa shape index (κ3) is 4.71. The van der Waals surface area contributed by atoms with Crippen LogP contribution in [0.4, 0.5) is 13.2 Å². The van der Waals surface area contributed by atoms with E-state index in [1.807, 2.05) is 12.1 Å². The molecule has 166 valence electrons. The number of amides is 1. The SMILES string of the molecule is O=C(NCc1ccc(C2CCCC3CCCN32)cc1)c1c(Cl)ccc(C(F)(F)F)c1Cl. The summed E-state index contributed by atoms with van der Waals surface area (Å²) in [5.41, 5.74) is 0.675. The zero-order valence-electron chi connectivity index (χ0n) is 16.8. The van der Waals surface area contributed by atoms with Gasteiger partial charge in [-0.3, -0.25) is 9.69 Å². The van der Waals surface area contributed by atoms with Crippen LogP contribution in [0.25, 0.3) is 0 Å². The second-order valence-electron chi connectivity index (χ2n) is 8.19. The molecule has 2 fully saturated rings. The van der Waals surface area contributed by atoms with Crippen molar-refractivity contribution in [2.45, 2.75) is 56.9 Å². The topological polar surface area (TPSA) is 32.3 Å². The van der Waals surface area contributed by atoms with E-state index in [9.17, 15) is 18.0 Å². The number of hydrogen-bond donors (Lipinski definition) is 1. The summed E-state index contributed by atoms with van der Waals surface area (Å²) in [6.07, 6.45) is 1.54. The molecule has 2 aromatic carbocycles. The normalized spacial score (nSPS) is 21.7. The van der Waals surface area contributed by atoms with Crippen LogP contribution in [0.15, 0.2) is 36.4 Å². The summed E-state index contributed by atoms with van der Waals surface area (Å²) in [7, 11) is 0. The van der Waals surface area contributed by atoms with Gasteiger partial charge in [-0.25, -0.2) is 0 Å². The Labute approximate surface area is 189 Å². The molecule has 0 aromatic heterocycles. The fourth-order valence-electron chi connectivity index (χ4n) is 4.76. The summed E-state index contributed by atoms with van der Waals surface area (Å²) in [5, 5.41) is 1.81. The van der Waals surface area contributed by atoms with Gasteiger partial charge in [0.1, 0.15) is 0 Å². The third-order valence-electron chi connectivity index (χ3n) is 6.28. The van der Waals surface area contributed by atoms with Gasteiger partial charge >= 0.3 is 6.18 Å². The Balaban J connectivity index is 1.44. The van der Waals surface area contributed by atoms with Crippen molar-refractivity contribution in [1.29, 1.82) is 0 Å². The van der Waals surface area contributed by atoms with E-state index in [1.165, 1.54) is 31.2 Å². The lowest BCUT2D eigenvalue weighted by Crippen LogP contribution is -2.37. The van der Waals surface area contributed by atoms with Gasteiger partial charge in [-0.15, -0.1) is 0 Å². The van der Waals surface area contributed by atoms with Crippen LogP contribution >= 0.6 is 23.2 Å². The number of rotatable bonds is 4. The lowest BCUT2D eigenvalue weighted by atomic mass is 9.91. The molecule has 2 heterocycles. The van der Waals surface area contributed by atoms with Gasteiger partial charge in [-0.1, -0.05) is 47.5 Å². The molecule has 2 saturated heterocycles. The van der Waals surface area contributed by atoms with Crippen LogP contribution in [0.3, 0.4) is 0 Å². The first-order chi connectivity index (χ1) is 14.8. The van der Waals surface area contributed by atoms with Crippen molar-refractivity contribution in [2.24, 2.45) is 0 Å². The van der Waals surface area contributed by atoms with Crippen molar-refractivity contribution in [2.75, 3.05) is 6.54 Å². The van der Waals surface area contributed by atoms with E-state index in [1.54, 1.807) is 0 Å². The van der Waals surface area contributed by atoms with E-state index in [0.29, 0.717) is 12.1 Å². The van der Waals surface area contributed by atoms with Gasteiger partial charge in [0.2, 0.25) is 0 Å². The Kier molecular flexibility index (Phi) is 6.52. The number of nitrogens with zero attached hydrogens (tertiary/aromatic N) is 1. The van der Waals surface area contributed by atoms with Crippen LogP contribution in [0, 0.1) is 0 Å². The minimum absolute atomic E-state index is 0.122. The molecule has 2 unspecified atom stereocenters. The maximum absolute atomic E-state index is 13.1. The molecule has 0 aliphatic carbocycles. The number of fused-ring (bicyclic) bond motifs is 1. The Bertz CT molecular complexity index is 963. The highest BCUT2D eigenvalue weighted by Crippen LogP contribution is 2.40. The van der Waals surface area contributed by atoms with E-state index in [2.05, 4.69) is 22.3 Å². The molecule has 2 aromatic rings. The fourth-order valence-corrected chi connectivity index (χ4v) is 5.41. The Hall–Kier alpha value is -1.76. The summed E-state index contributed by atoms with van der Waals surface area (Å²) in [5.74, 6) is -0.739. The minimum Gasteiger partial charge on any atom is -0.348 e. The van der Waals surface area contributed by atoms with Crippen LogP contribution in [0.2, 0.25) is 10.0 Å². The standard InChI is InChI=1S/C23H23Cl2F3N2O/c24-18-11-10-17(23(26,27)28)21(25)20(18)22(31)29-13-14-6-8-15(9-7-14)19-5-1-3-16-4-2-12-30(16)19/h6-11,16,19H,1-5,12-13H2,(H,29,31). The van der Waals surface area contributed by atoms with Crippen LogP contribution in [0.1, 0.15) is 65.2 Å². The van der Waals surface area contributed by atoms with Crippen molar-refractivity contribution >= 4 is 29.1 Å². The fraction of sp³-hybridized carbons (Fsp3) is 0.435. The van der Waals surface area contributed by atoms with E-state index in [0.717, 1.165) is 30.7 Å². The summed E-state index contributed by atoms with van der Waals surface area (Å²) < 4.78 is 39.3. The van der Waals surface area contributed by atoms with Crippen LogP contribution in [0.5, 0.6) is 0 Å². The van der Waals surface area contributed by atoms with Gasteiger partial charge < -0.3 is 5.32 Å². The van der Waals surface area contributed by atoms with Crippen molar-refractivity contribution in [3.63, 3.8) is 0 Å². The number of nitrogens with one attached hydrogen (secondary N) is 1. The first-order valence-corrected chi connectivity index (χ1v) is 11.2. The molecule has 0 spiro atoms. The van der Waals surface area contributed by atoms with Crippen molar-refractivity contribution in [3.8, 4) is 0 Å². The molecular formula is C23H23Cl2F3N2O. The molecule has 0 bridgehead atoms. The van der Waals surface area contributed by atoms with E-state index in [-0.39, 0.29) is 17.1 Å². The molecular weight excluding hydrogens is 448 g/mol. The number of halogens is 5. The average molecular weight is 471 g/mol. The molecule has 4 rings (SSSR count). The Morgan fingerprint density at radius 1 is 1.03 bits per heavy atom. The summed E-state index contributed by atoms with van der Waals surface area (Å²) in [6.45, 7) is 1.31. The number of hydrogen-bond acceptors (Lipinski definition) is 2. The van der Waals surface area contributed by atoms with Crippen molar-refractivity contribution in [3.05, 3.63) is 68.7 Å². The second-order valence-corrected chi connectivity index (χ2v) is 8.97. The van der Waals surface area contributed by atoms with E-state index < -0.39 is 22.7 Å². The summed E-state index contributed by atoms with van der Waals surface area (Å²) in [6, 6.07) is 11.0. The summed E-state index contributed by atoms with van der Waals surface area (Å²) in [4.78, 5) is 15.1. The van der Waals surface area contributed by atoms with E-state index in [4.69, 9.17) is 23.2 Å². The molecule has 2 atom stereocenters. The van der Waals surface area contributed by atoms with Gasteiger partial charge in [0, 0.05) is 18.6 Å². The first-order valence-electron chi connectivity index (χ1n) is 10.4. The number of carbonyl (C=O) groups excluding carboxylic acids is 1. The molecule has 3 nitrogen and oxygen atoms in total. The predicted molar refractivity (Wildman–Crippen MR) is 115 cm³/mol. The van der Waals surface area contributed by atoms with Crippen LogP contribution in [-0.2, 0) is 12.7 Å². The number of benzene rings is 2. The third-order valence-corrected chi connectivity index (χ3v) is 6.99. The minimum atomic E-state index is -4.67. The monoisotopic (exact) mass is 470 g/mol. The highest BCUT2D eigenvalue weighted by molar-refractivity contribution is 6.40. The van der Waals surface area contributed by atoms with Crippen LogP contribution < -0.4 is 5.32 Å². The maximum atomic E-state index is 13.1. The van der Waals surface area contributed by atoms with Gasteiger partial charge in [-0.05, 0) is 61.9 Å². The lowest BCUT2D eigenvalue weighted by molar-refractivity contribution is -0.137. The van der Waals surface area contributed by atoms with Gasteiger partial charge in [-0.2, -0.15) is 13.2 Å². The van der Waals surface area contributed by atoms with E-state index >= 15 is 0 Å². The zero-order chi connectivity index (χ0) is 22.2. The van der Waals surface area contributed by atoms with Crippen LogP contribution in [-0.4, -0.2) is 23.4 Å². The molecule has 31 heavy (non-hydrogen) atoms. The van der Waals surface area contributed by atoms with Gasteiger partial charge in [0.25, 0.3) is 5.91 Å². The number of piperidine rings is 1. The Morgan fingerprint density at radius 3 is 2.45 bits per heavy atom. The highest BCUT2D eigenvalue weighted by Gasteiger charge is 2.36. The van der Waals surface area contributed by atoms with Gasteiger partial charge in [0.15, 0.2) is 0 Å². The first kappa shape index (κ1) is 22.4. The molecule has 2 aliphatic rings. The molecule has 0 saturated carbocycles.